The Hall–Kier alpha value is -2.06. The number of nitrogens with zero attached hydrogens (tertiary/aromatic N) is 1. The molecule has 0 aromatic heterocycles. The van der Waals surface area contributed by atoms with Crippen molar-refractivity contribution in [3.05, 3.63) is 59.7 Å². The Balaban J connectivity index is 1.87. The smallest absolute Gasteiger partial charge is 0.401 e. The summed E-state index contributed by atoms with van der Waals surface area (Å²) in [4.78, 5) is 0.0867. The number of sulfonamides is 1. The summed E-state index contributed by atoms with van der Waals surface area (Å²) in [6.45, 7) is 2.03. The molecule has 0 N–H and O–H groups in total. The lowest BCUT2D eigenvalue weighted by Gasteiger charge is -2.23. The fourth-order valence-corrected chi connectivity index (χ4v) is 3.96. The molecule has 0 amide bonds. The zero-order valence-electron chi connectivity index (χ0n) is 14.3. The molecule has 1 unspecified atom stereocenters. The van der Waals surface area contributed by atoms with Crippen LogP contribution in [0.4, 0.5) is 0 Å². The van der Waals surface area contributed by atoms with Crippen molar-refractivity contribution in [1.82, 2.24) is 0 Å². The summed E-state index contributed by atoms with van der Waals surface area (Å²) in [5.41, 5.74) is 0.935. The van der Waals surface area contributed by atoms with Crippen molar-refractivity contribution >= 4 is 32.0 Å². The van der Waals surface area contributed by atoms with Crippen LogP contribution in [0.25, 0.3) is 0 Å². The van der Waals surface area contributed by atoms with Crippen molar-refractivity contribution < 1.29 is 22.6 Å². The highest BCUT2D eigenvalue weighted by atomic mass is 79.9. The molecule has 138 valence electrons. The monoisotopic (exact) mass is 439 g/mol. The van der Waals surface area contributed by atoms with Crippen molar-refractivity contribution in [3.8, 4) is 5.75 Å². The average Bonchev–Trinajstić information content (AvgIpc) is 3.06. The molecule has 2 aromatic carbocycles. The number of hydrogen-bond donors (Lipinski definition) is 0. The van der Waals surface area contributed by atoms with Crippen LogP contribution in [0.2, 0.25) is 0 Å². The molecule has 1 fully saturated rings. The van der Waals surface area contributed by atoms with Gasteiger partial charge >= 0.3 is 6.08 Å². The van der Waals surface area contributed by atoms with Gasteiger partial charge in [-0.2, -0.15) is 8.42 Å². The Bertz CT molecular complexity index is 910. The Morgan fingerprint density at radius 2 is 1.81 bits per heavy atom. The van der Waals surface area contributed by atoms with E-state index in [0.717, 1.165) is 11.1 Å². The predicted molar refractivity (Wildman–Crippen MR) is 101 cm³/mol. The van der Waals surface area contributed by atoms with Crippen LogP contribution in [0.5, 0.6) is 5.75 Å². The van der Waals surface area contributed by atoms with Gasteiger partial charge in [0.05, 0.1) is 17.3 Å². The van der Waals surface area contributed by atoms with E-state index in [1.165, 1.54) is 12.1 Å². The number of benzene rings is 2. The van der Waals surface area contributed by atoms with E-state index in [-0.39, 0.29) is 17.6 Å². The van der Waals surface area contributed by atoms with Crippen LogP contribution in [-0.2, 0) is 25.1 Å². The van der Waals surface area contributed by atoms with E-state index < -0.39 is 15.6 Å². The van der Waals surface area contributed by atoms with Crippen LogP contribution in [0.1, 0.15) is 11.1 Å². The highest BCUT2D eigenvalue weighted by Gasteiger charge is 2.43. The Morgan fingerprint density at radius 3 is 2.38 bits per heavy atom. The summed E-state index contributed by atoms with van der Waals surface area (Å²) in [6.07, 6.45) is -0.263. The number of alkyl halides is 1. The highest BCUT2D eigenvalue weighted by molar-refractivity contribution is 9.09. The summed E-state index contributed by atoms with van der Waals surface area (Å²) in [6, 6.07) is 13.7. The molecule has 2 aromatic rings. The van der Waals surface area contributed by atoms with Gasteiger partial charge in [-0.1, -0.05) is 50.2 Å². The molecule has 1 aliphatic rings. The first-order valence-corrected chi connectivity index (χ1v) is 10.4. The fourth-order valence-electron chi connectivity index (χ4n) is 2.49. The first-order chi connectivity index (χ1) is 12.4. The lowest BCUT2D eigenvalue weighted by molar-refractivity contribution is 0.114. The van der Waals surface area contributed by atoms with Crippen molar-refractivity contribution in [3.63, 3.8) is 0 Å². The Kier molecular flexibility index (Phi) is 5.24. The van der Waals surface area contributed by atoms with Crippen molar-refractivity contribution in [1.29, 1.82) is 0 Å². The molecule has 0 spiro atoms. The Morgan fingerprint density at radius 1 is 1.15 bits per heavy atom. The van der Waals surface area contributed by atoms with Crippen LogP contribution in [0.15, 0.2) is 57.8 Å². The van der Waals surface area contributed by atoms with Gasteiger partial charge in [0.1, 0.15) is 12.4 Å². The number of halogens is 1. The largest absolute Gasteiger partial charge is 0.497 e. The summed E-state index contributed by atoms with van der Waals surface area (Å²) >= 11 is 3.43. The molecule has 1 heterocycles. The van der Waals surface area contributed by atoms with Crippen LogP contribution in [0, 0.1) is 6.92 Å². The van der Waals surface area contributed by atoms with E-state index in [0.29, 0.717) is 11.1 Å². The third-order valence-electron chi connectivity index (χ3n) is 4.06. The van der Waals surface area contributed by atoms with Gasteiger partial charge in [0, 0.05) is 5.56 Å². The van der Waals surface area contributed by atoms with Gasteiger partial charge in [0.25, 0.3) is 10.0 Å². The first-order valence-electron chi connectivity index (χ1n) is 7.82. The topological polar surface area (TPSA) is 74.2 Å². The van der Waals surface area contributed by atoms with E-state index in [2.05, 4.69) is 20.3 Å². The normalized spacial score (nSPS) is 21.3. The van der Waals surface area contributed by atoms with E-state index in [9.17, 15) is 8.42 Å². The molecule has 8 heteroatoms. The molecule has 0 radical (unpaired) electrons. The van der Waals surface area contributed by atoms with Gasteiger partial charge in [0.2, 0.25) is 0 Å². The van der Waals surface area contributed by atoms with Crippen molar-refractivity contribution in [2.45, 2.75) is 17.4 Å². The quantitative estimate of drug-likeness (QED) is 0.667. The summed E-state index contributed by atoms with van der Waals surface area (Å²) in [5, 5.41) is 0.413. The zero-order chi connectivity index (χ0) is 18.8. The fraction of sp³-hybridized carbons (Fsp3) is 0.278. The highest BCUT2D eigenvalue weighted by Crippen LogP contribution is 2.35. The van der Waals surface area contributed by atoms with Gasteiger partial charge < -0.3 is 14.2 Å². The maximum absolute atomic E-state index is 12.4. The Labute approximate surface area is 161 Å². The lowest BCUT2D eigenvalue weighted by atomic mass is 9.97. The second kappa shape index (κ2) is 7.28. The standard InChI is InChI=1S/C18H18BrNO5S/c1-13-3-9-16(10-4-13)26(21,22)20-17-24-12-18(11-19,25-17)14-5-7-15(23-2)8-6-14/h3-10H,11-12H2,1-2H3/b20-17-. The summed E-state index contributed by atoms with van der Waals surface area (Å²) in [7, 11) is -2.32. The third kappa shape index (κ3) is 3.71. The second-order valence-corrected chi connectivity index (χ2v) is 8.06. The minimum atomic E-state index is -3.91. The molecular weight excluding hydrogens is 422 g/mol. The summed E-state index contributed by atoms with van der Waals surface area (Å²) in [5.74, 6) is 0.716. The van der Waals surface area contributed by atoms with Crippen LogP contribution in [0.3, 0.4) is 0 Å². The van der Waals surface area contributed by atoms with Gasteiger partial charge in [-0.3, -0.25) is 0 Å². The molecule has 6 nitrogen and oxygen atoms in total. The maximum atomic E-state index is 12.4. The van der Waals surface area contributed by atoms with E-state index in [1.807, 2.05) is 19.1 Å². The molecule has 0 aliphatic carbocycles. The number of hydrogen-bond acceptors (Lipinski definition) is 5. The molecule has 1 aliphatic heterocycles. The van der Waals surface area contributed by atoms with Crippen molar-refractivity contribution in [2.24, 2.45) is 4.40 Å². The molecule has 0 bridgehead atoms. The van der Waals surface area contributed by atoms with Gasteiger partial charge in [-0.15, -0.1) is 0 Å². The minimum absolute atomic E-state index is 0.0867. The zero-order valence-corrected chi connectivity index (χ0v) is 16.7. The number of aryl methyl sites for hydroxylation is 1. The van der Waals surface area contributed by atoms with Crippen LogP contribution in [-0.4, -0.2) is 33.5 Å². The maximum Gasteiger partial charge on any atom is 0.401 e. The molecule has 1 saturated heterocycles. The molecule has 26 heavy (non-hydrogen) atoms. The molecule has 0 saturated carbocycles. The van der Waals surface area contributed by atoms with E-state index in [4.69, 9.17) is 14.2 Å². The second-order valence-electron chi connectivity index (χ2n) is 5.89. The number of ether oxygens (including phenoxy) is 3. The van der Waals surface area contributed by atoms with Crippen molar-refractivity contribution in [2.75, 3.05) is 19.0 Å². The SMILES string of the molecule is COc1ccc(C2(CBr)CO/C(=N/S(=O)(=O)c3ccc(C)cc3)O2)cc1. The van der Waals surface area contributed by atoms with Crippen LogP contribution < -0.4 is 4.74 Å². The van der Waals surface area contributed by atoms with E-state index in [1.54, 1.807) is 31.4 Å². The van der Waals surface area contributed by atoms with Gasteiger partial charge in [0.15, 0.2) is 5.60 Å². The van der Waals surface area contributed by atoms with Gasteiger partial charge in [-0.05, 0) is 31.2 Å². The molecular formula is C18H18BrNO5S. The minimum Gasteiger partial charge on any atom is -0.497 e. The third-order valence-corrected chi connectivity index (χ3v) is 6.22. The molecule has 1 atom stereocenters. The number of rotatable bonds is 5. The average molecular weight is 440 g/mol. The van der Waals surface area contributed by atoms with E-state index >= 15 is 0 Å². The first kappa shape index (κ1) is 18.7. The lowest BCUT2D eigenvalue weighted by Crippen LogP contribution is -2.30. The number of methoxy groups -OCH3 is 1. The van der Waals surface area contributed by atoms with Gasteiger partial charge in [-0.25, -0.2) is 0 Å². The summed E-state index contributed by atoms with van der Waals surface area (Å²) < 4.78 is 45.0. The van der Waals surface area contributed by atoms with Crippen LogP contribution >= 0.6 is 15.9 Å². The predicted octanol–water partition coefficient (Wildman–Crippen LogP) is 3.39. The molecule has 3 rings (SSSR count).